The number of carbonyl (C=O) groups excluding carboxylic acids is 1. The Hall–Kier alpha value is -1.82. The quantitative estimate of drug-likeness (QED) is 0.354. The summed E-state index contributed by atoms with van der Waals surface area (Å²) >= 11 is 5.83. The zero-order valence-electron chi connectivity index (χ0n) is 9.88. The Morgan fingerprint density at radius 2 is 2.17 bits per heavy atom. The van der Waals surface area contributed by atoms with Crippen molar-refractivity contribution >= 4 is 23.3 Å². The molecule has 0 fully saturated rings. The van der Waals surface area contributed by atoms with Crippen LogP contribution in [0.5, 0.6) is 5.75 Å². The molecule has 1 atom stereocenters. The van der Waals surface area contributed by atoms with Crippen LogP contribution >= 0.6 is 11.6 Å². The zero-order valence-corrected chi connectivity index (χ0v) is 10.6. The largest absolute Gasteiger partial charge is 0.496 e. The molecule has 0 bridgehead atoms. The van der Waals surface area contributed by atoms with Gasteiger partial charge in [0.25, 0.3) is 5.69 Å². The highest BCUT2D eigenvalue weighted by Crippen LogP contribution is 2.26. The van der Waals surface area contributed by atoms with Crippen LogP contribution in [-0.4, -0.2) is 30.5 Å². The molecule has 0 aliphatic carbocycles. The van der Waals surface area contributed by atoms with Crippen molar-refractivity contribution in [3.05, 3.63) is 33.9 Å². The molecule has 0 N–H and O–H groups in total. The van der Waals surface area contributed by atoms with E-state index in [1.165, 1.54) is 32.4 Å². The molecule has 0 heterocycles. The van der Waals surface area contributed by atoms with Crippen LogP contribution in [0.25, 0.3) is 0 Å². The van der Waals surface area contributed by atoms with Crippen molar-refractivity contribution < 1.29 is 19.2 Å². The van der Waals surface area contributed by atoms with E-state index in [0.29, 0.717) is 11.3 Å². The second-order valence-electron chi connectivity index (χ2n) is 3.45. The van der Waals surface area contributed by atoms with Gasteiger partial charge in [-0.2, -0.15) is 0 Å². The molecule has 98 valence electrons. The van der Waals surface area contributed by atoms with Gasteiger partial charge in [0.1, 0.15) is 11.1 Å². The third-order valence-electron chi connectivity index (χ3n) is 2.34. The van der Waals surface area contributed by atoms with Crippen molar-refractivity contribution in [1.82, 2.24) is 0 Å². The highest BCUT2D eigenvalue weighted by atomic mass is 35.5. The second-order valence-corrected chi connectivity index (χ2v) is 3.97. The van der Waals surface area contributed by atoms with E-state index in [1.54, 1.807) is 0 Å². The lowest BCUT2D eigenvalue weighted by Crippen LogP contribution is -2.18. The summed E-state index contributed by atoms with van der Waals surface area (Å²) in [4.78, 5) is 21.3. The van der Waals surface area contributed by atoms with E-state index < -0.39 is 16.3 Å². The van der Waals surface area contributed by atoms with Gasteiger partial charge in [-0.3, -0.25) is 14.9 Å². The number of non-ortho nitro benzene ring substituents is 1. The fourth-order valence-corrected chi connectivity index (χ4v) is 1.68. The average molecular weight is 274 g/mol. The Labute approximate surface area is 109 Å². The minimum Gasteiger partial charge on any atom is -0.496 e. The summed E-state index contributed by atoms with van der Waals surface area (Å²) in [6.07, 6.45) is 0.176. The van der Waals surface area contributed by atoms with E-state index in [1.807, 2.05) is 0 Å². The van der Waals surface area contributed by atoms with Gasteiger partial charge in [0, 0.05) is 12.5 Å². The van der Waals surface area contributed by atoms with Gasteiger partial charge in [-0.1, -0.05) is 0 Å². The topological polar surface area (TPSA) is 78.7 Å². The van der Waals surface area contributed by atoms with Crippen molar-refractivity contribution in [2.24, 2.45) is 0 Å². The van der Waals surface area contributed by atoms with Crippen LogP contribution in [0.15, 0.2) is 18.2 Å². The van der Waals surface area contributed by atoms with E-state index in [9.17, 15) is 14.9 Å². The fourth-order valence-electron chi connectivity index (χ4n) is 1.42. The van der Waals surface area contributed by atoms with E-state index in [-0.39, 0.29) is 12.1 Å². The van der Waals surface area contributed by atoms with Crippen LogP contribution in [0.2, 0.25) is 0 Å². The van der Waals surface area contributed by atoms with E-state index >= 15 is 0 Å². The molecule has 0 aliphatic heterocycles. The molecule has 0 saturated heterocycles. The lowest BCUT2D eigenvalue weighted by molar-refractivity contribution is -0.384. The van der Waals surface area contributed by atoms with Crippen LogP contribution in [0, 0.1) is 10.1 Å². The minimum atomic E-state index is -0.856. The van der Waals surface area contributed by atoms with Gasteiger partial charge in [0.15, 0.2) is 0 Å². The van der Waals surface area contributed by atoms with Crippen LogP contribution in [0.3, 0.4) is 0 Å². The number of nitro groups is 1. The molecule has 0 spiro atoms. The number of benzene rings is 1. The molecule has 1 aromatic carbocycles. The number of alkyl halides is 1. The number of nitrogens with zero attached hydrogens (tertiary/aromatic N) is 1. The molecular formula is C11H12ClNO5. The summed E-state index contributed by atoms with van der Waals surface area (Å²) in [6, 6.07) is 4.13. The number of hydrogen-bond acceptors (Lipinski definition) is 5. The molecule has 6 nitrogen and oxygen atoms in total. The smallest absolute Gasteiger partial charge is 0.324 e. The Morgan fingerprint density at radius 3 is 2.67 bits per heavy atom. The standard InChI is InChI=1S/C11H12ClNO5/c1-17-10-6-8(13(15)16)4-3-7(10)5-9(12)11(14)18-2/h3-4,6,9H,5H2,1-2H3. The zero-order chi connectivity index (χ0) is 13.7. The third kappa shape index (κ3) is 3.33. The van der Waals surface area contributed by atoms with Crippen LogP contribution in [0.1, 0.15) is 5.56 Å². The fraction of sp³-hybridized carbons (Fsp3) is 0.364. The van der Waals surface area contributed by atoms with Crippen molar-refractivity contribution in [2.75, 3.05) is 14.2 Å². The summed E-state index contributed by atoms with van der Waals surface area (Å²) in [5.41, 5.74) is 0.522. The number of halogens is 1. The number of ether oxygens (including phenoxy) is 2. The Kier molecular flexibility index (Phi) is 4.91. The first-order chi connectivity index (χ1) is 8.49. The van der Waals surface area contributed by atoms with Gasteiger partial charge in [-0.25, -0.2) is 0 Å². The van der Waals surface area contributed by atoms with Crippen molar-refractivity contribution in [2.45, 2.75) is 11.8 Å². The summed E-state index contributed by atoms with van der Waals surface area (Å²) in [5, 5.41) is 9.75. The van der Waals surface area contributed by atoms with Crippen LogP contribution in [0.4, 0.5) is 5.69 Å². The molecule has 0 amide bonds. The molecule has 1 rings (SSSR count). The summed E-state index contributed by atoms with van der Waals surface area (Å²) in [5.74, 6) is -0.240. The first-order valence-corrected chi connectivity index (χ1v) is 5.46. The summed E-state index contributed by atoms with van der Waals surface area (Å²) in [6.45, 7) is 0. The maximum atomic E-state index is 11.2. The lowest BCUT2D eigenvalue weighted by Gasteiger charge is -2.10. The molecule has 0 saturated carbocycles. The normalized spacial score (nSPS) is 11.7. The number of nitro benzene ring substituents is 1. The SMILES string of the molecule is COC(=O)C(Cl)Cc1ccc([N+](=O)[O-])cc1OC. The Bertz CT molecular complexity index is 463. The first-order valence-electron chi connectivity index (χ1n) is 5.02. The van der Waals surface area contributed by atoms with E-state index in [4.69, 9.17) is 16.3 Å². The summed E-state index contributed by atoms with van der Waals surface area (Å²) in [7, 11) is 2.63. The average Bonchev–Trinajstić information content (AvgIpc) is 2.37. The van der Waals surface area contributed by atoms with Crippen molar-refractivity contribution in [3.8, 4) is 5.75 Å². The molecule has 1 aromatic rings. The third-order valence-corrected chi connectivity index (χ3v) is 2.67. The van der Waals surface area contributed by atoms with Crippen LogP contribution < -0.4 is 4.74 Å². The van der Waals surface area contributed by atoms with Gasteiger partial charge < -0.3 is 9.47 Å². The summed E-state index contributed by atoms with van der Waals surface area (Å²) < 4.78 is 9.53. The second kappa shape index (κ2) is 6.20. The van der Waals surface area contributed by atoms with Gasteiger partial charge >= 0.3 is 5.97 Å². The van der Waals surface area contributed by atoms with E-state index in [2.05, 4.69) is 4.74 Å². The lowest BCUT2D eigenvalue weighted by atomic mass is 10.1. The highest BCUT2D eigenvalue weighted by molar-refractivity contribution is 6.30. The van der Waals surface area contributed by atoms with E-state index in [0.717, 1.165) is 0 Å². The molecule has 0 radical (unpaired) electrons. The molecule has 0 aliphatic rings. The number of carbonyl (C=O) groups is 1. The minimum absolute atomic E-state index is 0.0835. The highest BCUT2D eigenvalue weighted by Gasteiger charge is 2.20. The van der Waals surface area contributed by atoms with Gasteiger partial charge in [-0.05, 0) is 11.6 Å². The van der Waals surface area contributed by atoms with Crippen LogP contribution in [-0.2, 0) is 16.0 Å². The monoisotopic (exact) mass is 273 g/mol. The number of rotatable bonds is 5. The maximum absolute atomic E-state index is 11.2. The Morgan fingerprint density at radius 1 is 1.50 bits per heavy atom. The Balaban J connectivity index is 2.96. The van der Waals surface area contributed by atoms with Crippen molar-refractivity contribution in [1.29, 1.82) is 0 Å². The molecule has 1 unspecified atom stereocenters. The van der Waals surface area contributed by atoms with Gasteiger partial charge in [0.2, 0.25) is 0 Å². The van der Waals surface area contributed by atoms with Gasteiger partial charge in [0.05, 0.1) is 25.2 Å². The maximum Gasteiger partial charge on any atom is 0.324 e. The molecule has 0 aromatic heterocycles. The number of esters is 1. The predicted octanol–water partition coefficient (Wildman–Crippen LogP) is 1.93. The van der Waals surface area contributed by atoms with Crippen molar-refractivity contribution in [3.63, 3.8) is 0 Å². The number of methoxy groups -OCH3 is 2. The first kappa shape index (κ1) is 14.2. The molecule has 7 heteroatoms. The predicted molar refractivity (Wildman–Crippen MR) is 65.0 cm³/mol. The number of hydrogen-bond donors (Lipinski definition) is 0. The van der Waals surface area contributed by atoms with Gasteiger partial charge in [-0.15, -0.1) is 11.6 Å². The molecular weight excluding hydrogens is 262 g/mol. The molecule has 18 heavy (non-hydrogen) atoms.